The van der Waals surface area contributed by atoms with Gasteiger partial charge in [-0.1, -0.05) is 12.1 Å². The maximum absolute atomic E-state index is 12.6. The highest BCUT2D eigenvalue weighted by atomic mass is 16.5. The third-order valence-electron chi connectivity index (χ3n) is 4.70. The summed E-state index contributed by atoms with van der Waals surface area (Å²) in [4.78, 5) is 12.6. The van der Waals surface area contributed by atoms with Crippen molar-refractivity contribution < 1.29 is 9.53 Å². The maximum atomic E-state index is 12.6. The lowest BCUT2D eigenvalue weighted by atomic mass is 10.1. The van der Waals surface area contributed by atoms with E-state index in [4.69, 9.17) is 4.74 Å². The van der Waals surface area contributed by atoms with Gasteiger partial charge in [0, 0.05) is 12.2 Å². The van der Waals surface area contributed by atoms with Gasteiger partial charge in [0.15, 0.2) is 0 Å². The number of carbonyl (C=O) groups is 1. The second-order valence-corrected chi connectivity index (χ2v) is 6.12. The van der Waals surface area contributed by atoms with Gasteiger partial charge in [0.1, 0.15) is 11.4 Å². The van der Waals surface area contributed by atoms with Gasteiger partial charge in [-0.25, -0.2) is 0 Å². The first-order valence-corrected chi connectivity index (χ1v) is 7.91. The number of hydrogen-bond acceptors (Lipinski definition) is 2. The zero-order valence-electron chi connectivity index (χ0n) is 12.7. The van der Waals surface area contributed by atoms with Gasteiger partial charge in [-0.15, -0.1) is 0 Å². The third kappa shape index (κ3) is 2.19. The predicted molar refractivity (Wildman–Crippen MR) is 84.2 cm³/mol. The Morgan fingerprint density at radius 3 is 2.86 bits per heavy atom. The quantitative estimate of drug-likeness (QED) is 0.941. The van der Waals surface area contributed by atoms with Gasteiger partial charge in [0.25, 0.3) is 5.91 Å². The SMILES string of the molecule is COc1cccc2c1CCC2NC(=O)c1cccn1C1CC1. The second kappa shape index (κ2) is 5.20. The summed E-state index contributed by atoms with van der Waals surface area (Å²) in [5.41, 5.74) is 3.20. The number of nitrogens with zero attached hydrogens (tertiary/aromatic N) is 1. The van der Waals surface area contributed by atoms with E-state index in [2.05, 4.69) is 16.0 Å². The Morgan fingerprint density at radius 1 is 1.23 bits per heavy atom. The molecule has 2 aromatic rings. The largest absolute Gasteiger partial charge is 0.496 e. The molecule has 1 fully saturated rings. The van der Waals surface area contributed by atoms with Crippen LogP contribution < -0.4 is 10.1 Å². The van der Waals surface area contributed by atoms with Gasteiger partial charge < -0.3 is 14.6 Å². The molecule has 22 heavy (non-hydrogen) atoms. The topological polar surface area (TPSA) is 43.3 Å². The molecule has 0 spiro atoms. The van der Waals surface area contributed by atoms with E-state index in [1.54, 1.807) is 7.11 Å². The molecule has 1 unspecified atom stereocenters. The van der Waals surface area contributed by atoms with Crippen LogP contribution in [-0.4, -0.2) is 17.6 Å². The zero-order valence-corrected chi connectivity index (χ0v) is 12.7. The van der Waals surface area contributed by atoms with Gasteiger partial charge >= 0.3 is 0 Å². The van der Waals surface area contributed by atoms with Gasteiger partial charge in [0.2, 0.25) is 0 Å². The van der Waals surface area contributed by atoms with Gasteiger partial charge in [-0.2, -0.15) is 0 Å². The molecule has 0 bridgehead atoms. The Kier molecular flexibility index (Phi) is 3.17. The number of carbonyl (C=O) groups excluding carboxylic acids is 1. The first kappa shape index (κ1) is 13.4. The molecule has 0 aliphatic heterocycles. The number of fused-ring (bicyclic) bond motifs is 1. The van der Waals surface area contributed by atoms with E-state index >= 15 is 0 Å². The Labute approximate surface area is 130 Å². The normalized spacial score (nSPS) is 19.8. The first-order chi connectivity index (χ1) is 10.8. The molecule has 1 atom stereocenters. The third-order valence-corrected chi connectivity index (χ3v) is 4.70. The van der Waals surface area contributed by atoms with Crippen LogP contribution in [0.15, 0.2) is 36.5 Å². The van der Waals surface area contributed by atoms with Crippen LogP contribution in [0.4, 0.5) is 0 Å². The summed E-state index contributed by atoms with van der Waals surface area (Å²) < 4.78 is 7.53. The molecule has 4 nitrogen and oxygen atoms in total. The van der Waals surface area contributed by atoms with Crippen molar-refractivity contribution in [3.05, 3.63) is 53.3 Å². The Hall–Kier alpha value is -2.23. The van der Waals surface area contributed by atoms with Gasteiger partial charge in [-0.05, 0) is 55.0 Å². The standard InChI is InChI=1S/C18H20N2O2/c1-22-17-6-2-4-13-14(17)9-10-15(13)19-18(21)16-5-3-11-20(16)12-7-8-12/h2-6,11-12,15H,7-10H2,1H3,(H,19,21). The lowest BCUT2D eigenvalue weighted by Gasteiger charge is -2.16. The molecule has 2 aliphatic carbocycles. The molecular formula is C18H20N2O2. The smallest absolute Gasteiger partial charge is 0.268 e. The number of ether oxygens (including phenoxy) is 1. The molecular weight excluding hydrogens is 276 g/mol. The molecule has 114 valence electrons. The van der Waals surface area contributed by atoms with Crippen molar-refractivity contribution in [1.29, 1.82) is 0 Å². The monoisotopic (exact) mass is 296 g/mol. The summed E-state index contributed by atoms with van der Waals surface area (Å²) in [5, 5.41) is 3.20. The first-order valence-electron chi connectivity index (χ1n) is 7.91. The minimum atomic E-state index is 0.0255. The summed E-state index contributed by atoms with van der Waals surface area (Å²) >= 11 is 0. The molecule has 4 rings (SSSR count). The lowest BCUT2D eigenvalue weighted by Crippen LogP contribution is -2.28. The summed E-state index contributed by atoms with van der Waals surface area (Å²) in [6, 6.07) is 10.5. The second-order valence-electron chi connectivity index (χ2n) is 6.12. The molecule has 1 amide bonds. The zero-order chi connectivity index (χ0) is 15.1. The Morgan fingerprint density at radius 2 is 2.09 bits per heavy atom. The van der Waals surface area contributed by atoms with Crippen LogP contribution in [0.1, 0.15) is 53.0 Å². The van der Waals surface area contributed by atoms with Crippen molar-refractivity contribution in [2.75, 3.05) is 7.11 Å². The summed E-state index contributed by atoms with van der Waals surface area (Å²) in [5.74, 6) is 0.952. The lowest BCUT2D eigenvalue weighted by molar-refractivity contribution is 0.0927. The van der Waals surface area contributed by atoms with Crippen molar-refractivity contribution in [2.45, 2.75) is 37.8 Å². The Bertz CT molecular complexity index is 716. The van der Waals surface area contributed by atoms with Crippen LogP contribution in [0.2, 0.25) is 0 Å². The average Bonchev–Trinajstić information content (AvgIpc) is 3.12. The summed E-state index contributed by atoms with van der Waals surface area (Å²) in [7, 11) is 1.70. The van der Waals surface area contributed by atoms with Crippen molar-refractivity contribution in [3.63, 3.8) is 0 Å². The maximum Gasteiger partial charge on any atom is 0.268 e. The summed E-state index contributed by atoms with van der Waals surface area (Å²) in [6.07, 6.45) is 6.26. The van der Waals surface area contributed by atoms with E-state index < -0.39 is 0 Å². The van der Waals surface area contributed by atoms with Crippen LogP contribution in [0.3, 0.4) is 0 Å². The van der Waals surface area contributed by atoms with Crippen LogP contribution >= 0.6 is 0 Å². The molecule has 1 saturated carbocycles. The fourth-order valence-electron chi connectivity index (χ4n) is 3.45. The number of nitrogens with one attached hydrogen (secondary N) is 1. The van der Waals surface area contributed by atoms with E-state index in [0.29, 0.717) is 6.04 Å². The predicted octanol–water partition coefficient (Wildman–Crippen LogP) is 3.25. The molecule has 0 radical (unpaired) electrons. The van der Waals surface area contributed by atoms with Crippen molar-refractivity contribution in [1.82, 2.24) is 9.88 Å². The van der Waals surface area contributed by atoms with Crippen LogP contribution in [-0.2, 0) is 6.42 Å². The van der Waals surface area contributed by atoms with Gasteiger partial charge in [-0.3, -0.25) is 4.79 Å². The minimum Gasteiger partial charge on any atom is -0.496 e. The molecule has 1 heterocycles. The number of benzene rings is 1. The molecule has 0 saturated heterocycles. The Balaban J connectivity index is 1.56. The van der Waals surface area contributed by atoms with E-state index in [0.717, 1.165) is 24.3 Å². The van der Waals surface area contributed by atoms with Crippen molar-refractivity contribution in [3.8, 4) is 5.75 Å². The number of hydrogen-bond donors (Lipinski definition) is 1. The van der Waals surface area contributed by atoms with E-state index in [1.807, 2.05) is 30.5 Å². The highest BCUT2D eigenvalue weighted by molar-refractivity contribution is 5.93. The molecule has 1 aromatic carbocycles. The molecule has 1 N–H and O–H groups in total. The molecule has 2 aliphatic rings. The fourth-order valence-corrected chi connectivity index (χ4v) is 3.45. The molecule has 4 heteroatoms. The van der Waals surface area contributed by atoms with Crippen LogP contribution in [0.5, 0.6) is 5.75 Å². The highest BCUT2D eigenvalue weighted by Crippen LogP contribution is 2.38. The van der Waals surface area contributed by atoms with E-state index in [1.165, 1.54) is 24.0 Å². The molecule has 1 aromatic heterocycles. The van der Waals surface area contributed by atoms with Gasteiger partial charge in [0.05, 0.1) is 13.2 Å². The van der Waals surface area contributed by atoms with Crippen LogP contribution in [0.25, 0.3) is 0 Å². The fraction of sp³-hybridized carbons (Fsp3) is 0.389. The summed E-state index contributed by atoms with van der Waals surface area (Å²) in [6.45, 7) is 0. The number of rotatable bonds is 4. The number of aromatic nitrogens is 1. The van der Waals surface area contributed by atoms with Crippen LogP contribution in [0, 0.1) is 0 Å². The number of methoxy groups -OCH3 is 1. The minimum absolute atomic E-state index is 0.0255. The highest BCUT2D eigenvalue weighted by Gasteiger charge is 2.30. The van der Waals surface area contributed by atoms with Crippen molar-refractivity contribution >= 4 is 5.91 Å². The van der Waals surface area contributed by atoms with E-state index in [9.17, 15) is 4.79 Å². The number of amides is 1. The van der Waals surface area contributed by atoms with Crippen molar-refractivity contribution in [2.24, 2.45) is 0 Å². The van der Waals surface area contributed by atoms with E-state index in [-0.39, 0.29) is 11.9 Å². The average molecular weight is 296 g/mol.